The van der Waals surface area contributed by atoms with Gasteiger partial charge in [0.1, 0.15) is 22.4 Å². The van der Waals surface area contributed by atoms with Gasteiger partial charge in [-0.1, -0.05) is 72.3 Å². The van der Waals surface area contributed by atoms with Gasteiger partial charge in [0.05, 0.1) is 25.3 Å². The molecule has 0 bridgehead atoms. The van der Waals surface area contributed by atoms with Gasteiger partial charge < -0.3 is 9.47 Å². The maximum Gasteiger partial charge on any atom is 0.227 e. The topological polar surface area (TPSA) is 48.7 Å². The van der Waals surface area contributed by atoms with E-state index in [4.69, 9.17) is 26.2 Å². The van der Waals surface area contributed by atoms with Crippen LogP contribution in [-0.4, -0.2) is 28.8 Å². The molecule has 0 amide bonds. The van der Waals surface area contributed by atoms with Gasteiger partial charge in [-0.2, -0.15) is 9.61 Å². The van der Waals surface area contributed by atoms with Crippen molar-refractivity contribution < 1.29 is 13.9 Å². The van der Waals surface area contributed by atoms with Gasteiger partial charge in [-0.05, 0) is 23.8 Å². The van der Waals surface area contributed by atoms with Crippen molar-refractivity contribution in [2.75, 3.05) is 14.2 Å². The molecule has 2 heterocycles. The number of nitrogens with zero attached hydrogens (tertiary/aromatic N) is 3. The van der Waals surface area contributed by atoms with Crippen molar-refractivity contribution in [3.05, 3.63) is 89.8 Å². The van der Waals surface area contributed by atoms with Crippen LogP contribution in [0, 0.1) is 5.82 Å². The van der Waals surface area contributed by atoms with Crippen LogP contribution in [0.15, 0.2) is 78.9 Å². The van der Waals surface area contributed by atoms with Crippen molar-refractivity contribution in [3.63, 3.8) is 0 Å². The Morgan fingerprint density at radius 3 is 2.15 bits per heavy atom. The van der Waals surface area contributed by atoms with E-state index in [9.17, 15) is 4.39 Å². The van der Waals surface area contributed by atoms with Gasteiger partial charge in [0.15, 0.2) is 5.65 Å². The Morgan fingerprint density at radius 1 is 0.788 bits per heavy atom. The second-order valence-electron chi connectivity index (χ2n) is 7.32. The van der Waals surface area contributed by atoms with Crippen LogP contribution in [0.5, 0.6) is 11.6 Å². The number of fused-ring (bicyclic) bond motifs is 1. The molecule has 0 aliphatic heterocycles. The maximum absolute atomic E-state index is 14.9. The van der Waals surface area contributed by atoms with Crippen molar-refractivity contribution in [3.8, 4) is 45.1 Å². The molecule has 0 spiro atoms. The SMILES string of the molecule is COc1ccc(-c2c(Cl)nc3c(-c4ccccc4F)c(-c4ccccc4)nn3c2OC)cc1. The third-order valence-corrected chi connectivity index (χ3v) is 5.71. The first kappa shape index (κ1) is 21.0. The number of hydrogen-bond donors (Lipinski definition) is 0. The fourth-order valence-corrected chi connectivity index (χ4v) is 4.17. The zero-order valence-corrected chi connectivity index (χ0v) is 18.7. The van der Waals surface area contributed by atoms with Crippen LogP contribution in [-0.2, 0) is 0 Å². The normalized spacial score (nSPS) is 11.0. The van der Waals surface area contributed by atoms with Gasteiger partial charge in [-0.15, -0.1) is 0 Å². The monoisotopic (exact) mass is 459 g/mol. The van der Waals surface area contributed by atoms with Gasteiger partial charge in [0.25, 0.3) is 0 Å². The van der Waals surface area contributed by atoms with E-state index in [0.717, 1.165) is 16.9 Å². The highest BCUT2D eigenvalue weighted by Gasteiger charge is 2.25. The third-order valence-electron chi connectivity index (χ3n) is 5.44. The molecule has 5 nitrogen and oxygen atoms in total. The van der Waals surface area contributed by atoms with Gasteiger partial charge in [0, 0.05) is 11.1 Å². The lowest BCUT2D eigenvalue weighted by Gasteiger charge is -2.12. The van der Waals surface area contributed by atoms with Crippen molar-refractivity contribution in [2.45, 2.75) is 0 Å². The van der Waals surface area contributed by atoms with Crippen LogP contribution in [0.25, 0.3) is 39.2 Å². The molecule has 0 aliphatic carbocycles. The molecule has 2 aromatic heterocycles. The van der Waals surface area contributed by atoms with Gasteiger partial charge in [0.2, 0.25) is 5.88 Å². The average molecular weight is 460 g/mol. The van der Waals surface area contributed by atoms with E-state index in [1.165, 1.54) is 6.07 Å². The fourth-order valence-electron chi connectivity index (χ4n) is 3.90. The number of methoxy groups -OCH3 is 2. The van der Waals surface area contributed by atoms with E-state index < -0.39 is 0 Å². The Labute approximate surface area is 195 Å². The van der Waals surface area contributed by atoms with Crippen LogP contribution in [0.3, 0.4) is 0 Å². The van der Waals surface area contributed by atoms with E-state index in [2.05, 4.69) is 4.98 Å². The maximum atomic E-state index is 14.9. The number of benzene rings is 3. The molecule has 0 fully saturated rings. The molecule has 0 saturated carbocycles. The van der Waals surface area contributed by atoms with Crippen LogP contribution in [0.2, 0.25) is 5.15 Å². The van der Waals surface area contributed by atoms with E-state index in [-0.39, 0.29) is 11.0 Å². The summed E-state index contributed by atoms with van der Waals surface area (Å²) in [6.07, 6.45) is 0. The van der Waals surface area contributed by atoms with Gasteiger partial charge in [-0.3, -0.25) is 0 Å². The minimum absolute atomic E-state index is 0.224. The summed E-state index contributed by atoms with van der Waals surface area (Å²) < 4.78 is 27.5. The van der Waals surface area contributed by atoms with E-state index in [1.807, 2.05) is 54.6 Å². The first-order valence-corrected chi connectivity index (χ1v) is 10.6. The first-order chi connectivity index (χ1) is 16.1. The lowest BCUT2D eigenvalue weighted by Crippen LogP contribution is -2.02. The number of ether oxygens (including phenoxy) is 2. The average Bonchev–Trinajstić information content (AvgIpc) is 3.23. The minimum Gasteiger partial charge on any atom is -0.497 e. The Kier molecular flexibility index (Phi) is 5.44. The van der Waals surface area contributed by atoms with Gasteiger partial charge >= 0.3 is 0 Å². The summed E-state index contributed by atoms with van der Waals surface area (Å²) >= 11 is 6.69. The zero-order valence-electron chi connectivity index (χ0n) is 17.9. The quantitative estimate of drug-likeness (QED) is 0.280. The van der Waals surface area contributed by atoms with Crippen molar-refractivity contribution in [1.82, 2.24) is 14.6 Å². The second-order valence-corrected chi connectivity index (χ2v) is 7.68. The van der Waals surface area contributed by atoms with E-state index in [0.29, 0.717) is 33.9 Å². The highest BCUT2D eigenvalue weighted by atomic mass is 35.5. The summed E-state index contributed by atoms with van der Waals surface area (Å²) in [6.45, 7) is 0. The van der Waals surface area contributed by atoms with Gasteiger partial charge in [-0.25, -0.2) is 9.37 Å². The largest absolute Gasteiger partial charge is 0.497 e. The Bertz CT molecular complexity index is 1450. The summed E-state index contributed by atoms with van der Waals surface area (Å²) in [5.41, 5.74) is 4.10. The minimum atomic E-state index is -0.374. The Hall–Kier alpha value is -3.90. The Morgan fingerprint density at radius 2 is 1.48 bits per heavy atom. The molecular formula is C26H19ClFN3O2. The highest BCUT2D eigenvalue weighted by Crippen LogP contribution is 2.42. The predicted molar refractivity (Wildman–Crippen MR) is 127 cm³/mol. The molecule has 0 N–H and O–H groups in total. The van der Waals surface area contributed by atoms with Crippen molar-refractivity contribution >= 4 is 17.2 Å². The summed E-state index contributed by atoms with van der Waals surface area (Å²) in [6, 6.07) is 23.5. The molecule has 33 heavy (non-hydrogen) atoms. The molecule has 0 atom stereocenters. The molecular weight excluding hydrogens is 441 g/mol. The molecule has 0 saturated heterocycles. The fraction of sp³-hybridized carbons (Fsp3) is 0.0769. The van der Waals surface area contributed by atoms with E-state index in [1.54, 1.807) is 36.9 Å². The molecule has 7 heteroatoms. The van der Waals surface area contributed by atoms with Crippen molar-refractivity contribution in [1.29, 1.82) is 0 Å². The summed E-state index contributed by atoms with van der Waals surface area (Å²) in [7, 11) is 3.15. The lowest BCUT2D eigenvalue weighted by molar-refractivity contribution is 0.387. The molecule has 0 aliphatic rings. The summed E-state index contributed by atoms with van der Waals surface area (Å²) in [5.74, 6) is 0.741. The molecule has 0 radical (unpaired) electrons. The lowest BCUT2D eigenvalue weighted by atomic mass is 10.0. The number of hydrogen-bond acceptors (Lipinski definition) is 4. The summed E-state index contributed by atoms with van der Waals surface area (Å²) in [5, 5.41) is 5.04. The smallest absolute Gasteiger partial charge is 0.227 e. The molecule has 0 unspecified atom stereocenters. The summed E-state index contributed by atoms with van der Waals surface area (Å²) in [4.78, 5) is 4.65. The van der Waals surface area contributed by atoms with Crippen LogP contribution in [0.4, 0.5) is 4.39 Å². The zero-order chi connectivity index (χ0) is 22.9. The predicted octanol–water partition coefficient (Wildman–Crippen LogP) is 6.54. The van der Waals surface area contributed by atoms with Crippen molar-refractivity contribution in [2.24, 2.45) is 0 Å². The Balaban J connectivity index is 1.86. The third kappa shape index (κ3) is 3.58. The second kappa shape index (κ2) is 8.56. The first-order valence-electron chi connectivity index (χ1n) is 10.2. The highest BCUT2D eigenvalue weighted by molar-refractivity contribution is 6.32. The standard InChI is InChI=1S/C26H19ClFN3O2/c1-32-18-14-12-16(13-15-18)21-24(27)29-25-22(19-10-6-7-11-20(19)28)23(17-8-4-3-5-9-17)30-31(25)26(21)33-2/h3-15H,1-2H3. The van der Waals surface area contributed by atoms with E-state index >= 15 is 0 Å². The molecule has 164 valence electrons. The van der Waals surface area contributed by atoms with Crippen LogP contribution >= 0.6 is 11.6 Å². The molecule has 5 aromatic rings. The molecule has 5 rings (SSSR count). The number of aromatic nitrogens is 3. The number of rotatable bonds is 5. The number of halogens is 2. The molecule has 3 aromatic carbocycles. The van der Waals surface area contributed by atoms with Crippen LogP contribution in [0.1, 0.15) is 0 Å². The van der Waals surface area contributed by atoms with Crippen LogP contribution < -0.4 is 9.47 Å².